The summed E-state index contributed by atoms with van der Waals surface area (Å²) in [5.41, 5.74) is 4.97. The van der Waals surface area contributed by atoms with E-state index in [2.05, 4.69) is 21.0 Å². The number of piperidine rings is 1. The third-order valence-electron chi connectivity index (χ3n) is 6.17. The van der Waals surface area contributed by atoms with Crippen LogP contribution in [0, 0.1) is 0 Å². The van der Waals surface area contributed by atoms with E-state index in [0.717, 1.165) is 36.5 Å². The molecule has 9 nitrogen and oxygen atoms in total. The van der Waals surface area contributed by atoms with Crippen molar-refractivity contribution in [2.24, 2.45) is 7.05 Å². The number of benzene rings is 1. The summed E-state index contributed by atoms with van der Waals surface area (Å²) in [5, 5.41) is 13.7. The van der Waals surface area contributed by atoms with Crippen LogP contribution in [-0.4, -0.2) is 45.0 Å². The molecule has 3 aliphatic heterocycles. The molecule has 2 aromatic rings. The minimum Gasteiger partial charge on any atom is -0.364 e. The van der Waals surface area contributed by atoms with Gasteiger partial charge in [-0.15, -0.1) is 0 Å². The van der Waals surface area contributed by atoms with Crippen LogP contribution in [0.25, 0.3) is 0 Å². The van der Waals surface area contributed by atoms with Crippen molar-refractivity contribution < 1.29 is 14.4 Å². The Kier molecular flexibility index (Phi) is 4.54. The topological polar surface area (TPSA) is 108 Å². The van der Waals surface area contributed by atoms with Crippen LogP contribution in [0.3, 0.4) is 0 Å². The molecule has 3 aliphatic rings. The molecule has 1 atom stereocenters. The van der Waals surface area contributed by atoms with E-state index in [1.165, 1.54) is 11.3 Å². The Balaban J connectivity index is 1.31. The highest BCUT2D eigenvalue weighted by molar-refractivity contribution is 6.05. The molecule has 4 heterocycles. The molecule has 1 saturated heterocycles. The quantitative estimate of drug-likeness (QED) is 0.634. The van der Waals surface area contributed by atoms with Gasteiger partial charge in [0.15, 0.2) is 5.82 Å². The lowest BCUT2D eigenvalue weighted by molar-refractivity contribution is -0.136. The summed E-state index contributed by atoms with van der Waals surface area (Å²) in [4.78, 5) is 38.1. The van der Waals surface area contributed by atoms with Gasteiger partial charge in [-0.05, 0) is 23.6 Å². The van der Waals surface area contributed by atoms with Crippen LogP contribution in [0.5, 0.6) is 0 Å². The molecule has 156 valence electrons. The predicted molar refractivity (Wildman–Crippen MR) is 108 cm³/mol. The van der Waals surface area contributed by atoms with Gasteiger partial charge in [0.1, 0.15) is 6.04 Å². The molecule has 5 rings (SSSR count). The average molecular weight is 408 g/mol. The Morgan fingerprint density at radius 1 is 1.23 bits per heavy atom. The van der Waals surface area contributed by atoms with Crippen LogP contribution in [0.2, 0.25) is 0 Å². The fourth-order valence-electron chi connectivity index (χ4n) is 4.56. The number of hydrogen-bond acceptors (Lipinski definition) is 6. The molecule has 0 radical (unpaired) electrons. The summed E-state index contributed by atoms with van der Waals surface area (Å²) >= 11 is 0. The smallest absolute Gasteiger partial charge is 0.255 e. The number of anilines is 1. The van der Waals surface area contributed by atoms with Crippen LogP contribution < -0.4 is 16.0 Å². The van der Waals surface area contributed by atoms with Crippen LogP contribution in [-0.2, 0) is 42.7 Å². The Hall–Kier alpha value is -3.20. The molecule has 1 aromatic heterocycles. The van der Waals surface area contributed by atoms with E-state index in [1.54, 1.807) is 4.90 Å². The summed E-state index contributed by atoms with van der Waals surface area (Å²) in [6.07, 6.45) is 1.59. The number of aryl methyl sites for hydroxylation is 1. The Labute approximate surface area is 173 Å². The van der Waals surface area contributed by atoms with Gasteiger partial charge in [0.2, 0.25) is 11.8 Å². The van der Waals surface area contributed by atoms with E-state index in [0.29, 0.717) is 25.1 Å². The molecule has 0 bridgehead atoms. The Bertz CT molecular complexity index is 1060. The maximum atomic E-state index is 13.0. The normalized spacial score (nSPS) is 20.8. The Morgan fingerprint density at radius 2 is 2.10 bits per heavy atom. The second kappa shape index (κ2) is 7.24. The molecule has 1 aromatic carbocycles. The third-order valence-corrected chi connectivity index (χ3v) is 6.17. The second-order valence-corrected chi connectivity index (χ2v) is 8.07. The summed E-state index contributed by atoms with van der Waals surface area (Å²) in [6, 6.07) is 5.26. The first-order chi connectivity index (χ1) is 14.5. The van der Waals surface area contributed by atoms with Gasteiger partial charge in [0.25, 0.3) is 5.91 Å². The molecular formula is C21H24N6O3. The largest absolute Gasteiger partial charge is 0.364 e. The van der Waals surface area contributed by atoms with Gasteiger partial charge in [-0.2, -0.15) is 5.10 Å². The highest BCUT2D eigenvalue weighted by Gasteiger charge is 2.39. The molecule has 30 heavy (non-hydrogen) atoms. The highest BCUT2D eigenvalue weighted by Crippen LogP contribution is 2.29. The molecule has 9 heteroatoms. The Morgan fingerprint density at radius 3 is 2.93 bits per heavy atom. The van der Waals surface area contributed by atoms with E-state index >= 15 is 0 Å². The van der Waals surface area contributed by atoms with Crippen molar-refractivity contribution in [1.82, 2.24) is 25.3 Å². The van der Waals surface area contributed by atoms with Crippen LogP contribution in [0.1, 0.15) is 45.6 Å². The zero-order valence-electron chi connectivity index (χ0n) is 16.8. The molecular weight excluding hydrogens is 384 g/mol. The molecule has 3 N–H and O–H groups in total. The number of amides is 3. The van der Waals surface area contributed by atoms with Gasteiger partial charge < -0.3 is 15.5 Å². The number of carbonyl (C=O) groups is 3. The van der Waals surface area contributed by atoms with E-state index < -0.39 is 6.04 Å². The van der Waals surface area contributed by atoms with Crippen molar-refractivity contribution in [3.05, 3.63) is 46.1 Å². The minimum absolute atomic E-state index is 0.152. The fraction of sp³-hybridized carbons (Fsp3) is 0.429. The van der Waals surface area contributed by atoms with Crippen molar-refractivity contribution in [2.75, 3.05) is 11.9 Å². The van der Waals surface area contributed by atoms with E-state index in [4.69, 9.17) is 0 Å². The lowest BCUT2D eigenvalue weighted by Gasteiger charge is -2.29. The van der Waals surface area contributed by atoms with Crippen molar-refractivity contribution in [1.29, 1.82) is 0 Å². The van der Waals surface area contributed by atoms with Gasteiger partial charge in [-0.1, -0.05) is 12.1 Å². The van der Waals surface area contributed by atoms with E-state index in [1.807, 2.05) is 29.9 Å². The minimum atomic E-state index is -0.586. The maximum absolute atomic E-state index is 13.0. The summed E-state index contributed by atoms with van der Waals surface area (Å²) in [6.45, 7) is 2.72. The van der Waals surface area contributed by atoms with Gasteiger partial charge in [-0.3, -0.25) is 24.4 Å². The van der Waals surface area contributed by atoms with Crippen molar-refractivity contribution in [3.8, 4) is 0 Å². The van der Waals surface area contributed by atoms with Gasteiger partial charge in [0, 0.05) is 62.9 Å². The van der Waals surface area contributed by atoms with Crippen molar-refractivity contribution in [3.63, 3.8) is 0 Å². The zero-order chi connectivity index (χ0) is 20.8. The summed E-state index contributed by atoms with van der Waals surface area (Å²) in [5.74, 6) is 0.0565. The fourth-order valence-corrected chi connectivity index (χ4v) is 4.56. The van der Waals surface area contributed by atoms with E-state index in [9.17, 15) is 14.4 Å². The first kappa shape index (κ1) is 18.8. The first-order valence-electron chi connectivity index (χ1n) is 10.3. The summed E-state index contributed by atoms with van der Waals surface area (Å²) < 4.78 is 1.93. The number of fused-ring (bicyclic) bond motifs is 2. The number of aromatic nitrogens is 2. The number of nitrogens with one attached hydrogen (secondary N) is 3. The van der Waals surface area contributed by atoms with Crippen molar-refractivity contribution >= 4 is 23.5 Å². The van der Waals surface area contributed by atoms with Crippen LogP contribution in [0.4, 0.5) is 5.82 Å². The molecule has 3 amide bonds. The van der Waals surface area contributed by atoms with Crippen LogP contribution in [0.15, 0.2) is 18.2 Å². The van der Waals surface area contributed by atoms with Gasteiger partial charge in [-0.25, -0.2) is 0 Å². The first-order valence-corrected chi connectivity index (χ1v) is 10.3. The zero-order valence-corrected chi connectivity index (χ0v) is 16.8. The predicted octanol–water partition coefficient (Wildman–Crippen LogP) is 0.439. The monoisotopic (exact) mass is 408 g/mol. The number of carbonyl (C=O) groups excluding carboxylic acids is 3. The summed E-state index contributed by atoms with van der Waals surface area (Å²) in [7, 11) is 1.97. The van der Waals surface area contributed by atoms with Crippen molar-refractivity contribution in [2.45, 2.75) is 44.9 Å². The lowest BCUT2D eigenvalue weighted by Crippen LogP contribution is -2.52. The molecule has 0 aliphatic carbocycles. The van der Waals surface area contributed by atoms with Gasteiger partial charge in [0.05, 0.1) is 0 Å². The SMILES string of the molecule is Cn1nc(NCc2ccc3c(c2)C(=O)N(C2CCC(=O)NC2=O)C3)c2c1CCNC2. The molecule has 1 fully saturated rings. The van der Waals surface area contributed by atoms with Gasteiger partial charge >= 0.3 is 0 Å². The molecule has 0 spiro atoms. The number of hydrogen-bond donors (Lipinski definition) is 3. The molecule has 0 saturated carbocycles. The number of nitrogens with zero attached hydrogens (tertiary/aromatic N) is 3. The maximum Gasteiger partial charge on any atom is 0.255 e. The number of imide groups is 1. The highest BCUT2D eigenvalue weighted by atomic mass is 16.2. The standard InChI is InChI=1S/C21H24N6O3/c1-26-16-6-7-22-10-15(16)19(25-26)23-9-12-2-3-13-11-27(21(30)14(13)8-12)17-4-5-18(28)24-20(17)29/h2-3,8,17,22H,4-7,9-11H2,1H3,(H,23,25)(H,24,28,29). The third kappa shape index (κ3) is 3.15. The average Bonchev–Trinajstić information content (AvgIpc) is 3.24. The molecule has 1 unspecified atom stereocenters. The van der Waals surface area contributed by atoms with E-state index in [-0.39, 0.29) is 24.1 Å². The number of rotatable bonds is 4. The van der Waals surface area contributed by atoms with Crippen LogP contribution >= 0.6 is 0 Å². The second-order valence-electron chi connectivity index (χ2n) is 8.07. The lowest BCUT2D eigenvalue weighted by atomic mass is 10.0.